The van der Waals surface area contributed by atoms with Gasteiger partial charge in [-0.25, -0.2) is 14.4 Å². The Morgan fingerprint density at radius 3 is 2.08 bits per heavy atom. The molecule has 2 fully saturated rings. The first-order chi connectivity index (χ1) is 29.3. The maximum atomic E-state index is 15.8. The van der Waals surface area contributed by atoms with E-state index in [4.69, 9.17) is 14.7 Å². The number of aryl methyl sites for hydroxylation is 2. The molecule has 61 heavy (non-hydrogen) atoms. The molecule has 8 rings (SSSR count). The molecule has 3 N–H and O–H groups in total. The van der Waals surface area contributed by atoms with Crippen molar-refractivity contribution in [2.75, 3.05) is 36.0 Å². The first-order valence-corrected chi connectivity index (χ1v) is 20.9. The Labute approximate surface area is 354 Å². The van der Waals surface area contributed by atoms with E-state index in [1.807, 2.05) is 32.0 Å². The van der Waals surface area contributed by atoms with E-state index in [0.717, 1.165) is 49.5 Å². The summed E-state index contributed by atoms with van der Waals surface area (Å²) in [4.78, 5) is 65.0. The quantitative estimate of drug-likeness (QED) is 0.193. The van der Waals surface area contributed by atoms with Crippen LogP contribution in [0.15, 0.2) is 83.4 Å². The fourth-order valence-corrected chi connectivity index (χ4v) is 8.57. The highest BCUT2D eigenvalue weighted by atomic mass is 19.1. The number of anilines is 2. The summed E-state index contributed by atoms with van der Waals surface area (Å²) in [5.41, 5.74) is 1.54. The number of nitrogens with zero attached hydrogens (tertiary/aromatic N) is 6. The van der Waals surface area contributed by atoms with Crippen LogP contribution in [0, 0.1) is 19.7 Å². The average Bonchev–Trinajstić information content (AvgIpc) is 3.71. The van der Waals surface area contributed by atoms with E-state index < -0.39 is 29.0 Å². The van der Waals surface area contributed by atoms with E-state index in [0.29, 0.717) is 53.5 Å². The smallest absolute Gasteiger partial charge is 0.262 e. The Balaban J connectivity index is 0.986. The zero-order valence-corrected chi connectivity index (χ0v) is 35.1. The summed E-state index contributed by atoms with van der Waals surface area (Å²) in [6.07, 6.45) is 5.79. The average molecular weight is 831 g/mol. The van der Waals surface area contributed by atoms with E-state index in [1.54, 1.807) is 67.2 Å². The van der Waals surface area contributed by atoms with Crippen LogP contribution in [0.2, 0.25) is 0 Å². The number of ketones is 1. The van der Waals surface area contributed by atoms with Crippen molar-refractivity contribution in [2.24, 2.45) is 10.3 Å². The highest BCUT2D eigenvalue weighted by molar-refractivity contribution is 6.49. The standard InChI is InChI=1S/C46H51FN8O6/c1-27-9-6-20-50-41(27)54(33-10-7-18-48-25-33)43(58)31-14-12-30(13-15-31)37-40(57)46(5,61-53-37)23-29-21-28(2)42(51-24-29)55(34-11-8-19-49-26-34)44(59)35-17-16-32(22-36(35)47)38-39(56)45(3,4)60-52-38/h6,9,12-17,20-22,24,33-34,40,48-49,57H,7-8,10-11,18-19,23,25-26H2,1-5H3/t33-,34-,40?,46?/m1/s1. The van der Waals surface area contributed by atoms with Crippen molar-refractivity contribution in [2.45, 2.75) is 96.1 Å². The lowest BCUT2D eigenvalue weighted by Crippen LogP contribution is -2.50. The van der Waals surface area contributed by atoms with Gasteiger partial charge in [-0.2, -0.15) is 0 Å². The number of carbonyl (C=O) groups excluding carboxylic acids is 3. The number of oxime groups is 2. The van der Waals surface area contributed by atoms with Crippen LogP contribution >= 0.6 is 0 Å². The molecular formula is C46H51FN8O6. The van der Waals surface area contributed by atoms with Crippen molar-refractivity contribution >= 4 is 40.7 Å². The topological polar surface area (TPSA) is 171 Å². The molecule has 4 aliphatic heterocycles. The highest BCUT2D eigenvalue weighted by Crippen LogP contribution is 2.34. The van der Waals surface area contributed by atoms with Crippen LogP contribution in [0.1, 0.15) is 95.0 Å². The Kier molecular flexibility index (Phi) is 11.6. The third kappa shape index (κ3) is 8.17. The van der Waals surface area contributed by atoms with Crippen LogP contribution in [0.25, 0.3) is 0 Å². The number of pyridine rings is 2. The fourth-order valence-electron chi connectivity index (χ4n) is 8.57. The van der Waals surface area contributed by atoms with Crippen LogP contribution in [-0.4, -0.2) is 99.7 Å². The Hall–Kier alpha value is -5.90. The van der Waals surface area contributed by atoms with E-state index in [9.17, 15) is 19.5 Å². The number of hydrogen-bond acceptors (Lipinski definition) is 12. The summed E-state index contributed by atoms with van der Waals surface area (Å²) in [5, 5.41) is 26.6. The van der Waals surface area contributed by atoms with Gasteiger partial charge in [0.15, 0.2) is 16.9 Å². The van der Waals surface area contributed by atoms with Crippen LogP contribution < -0.4 is 20.4 Å². The summed E-state index contributed by atoms with van der Waals surface area (Å²) in [6, 6.07) is 16.4. The van der Waals surface area contributed by atoms with Gasteiger partial charge in [-0.1, -0.05) is 40.6 Å². The maximum Gasteiger partial charge on any atom is 0.262 e. The molecule has 4 aromatic rings. The zero-order chi connectivity index (χ0) is 43.1. The Bertz CT molecular complexity index is 2410. The van der Waals surface area contributed by atoms with E-state index in [1.165, 1.54) is 12.1 Å². The lowest BCUT2D eigenvalue weighted by Gasteiger charge is -2.35. The number of amides is 2. The molecule has 0 saturated carbocycles. The number of carbonyl (C=O) groups is 3. The van der Waals surface area contributed by atoms with Gasteiger partial charge in [-0.3, -0.25) is 24.2 Å². The summed E-state index contributed by atoms with van der Waals surface area (Å²) < 4.78 is 15.8. The second-order valence-electron chi connectivity index (χ2n) is 17.1. The van der Waals surface area contributed by atoms with E-state index in [-0.39, 0.29) is 47.0 Å². The molecule has 2 unspecified atom stereocenters. The number of nitrogens with one attached hydrogen (secondary N) is 2. The minimum absolute atomic E-state index is 0.00286. The van der Waals surface area contributed by atoms with Gasteiger partial charge < -0.3 is 25.4 Å². The van der Waals surface area contributed by atoms with Crippen molar-refractivity contribution in [3.05, 3.63) is 118 Å². The molecule has 4 aliphatic rings. The van der Waals surface area contributed by atoms with Crippen molar-refractivity contribution < 1.29 is 33.6 Å². The van der Waals surface area contributed by atoms with Gasteiger partial charge in [-0.05, 0) is 120 Å². The van der Waals surface area contributed by atoms with Gasteiger partial charge in [0.25, 0.3) is 11.8 Å². The summed E-state index contributed by atoms with van der Waals surface area (Å²) in [5.74, 6) is -0.850. The predicted octanol–water partition coefficient (Wildman–Crippen LogP) is 5.21. The van der Waals surface area contributed by atoms with Gasteiger partial charge in [0, 0.05) is 48.6 Å². The molecule has 15 heteroatoms. The minimum atomic E-state index is -1.15. The van der Waals surface area contributed by atoms with Gasteiger partial charge in [0.2, 0.25) is 5.78 Å². The van der Waals surface area contributed by atoms with Crippen molar-refractivity contribution in [3.8, 4) is 0 Å². The molecule has 2 amide bonds. The number of aliphatic hydroxyl groups excluding tert-OH is 1. The lowest BCUT2D eigenvalue weighted by atomic mass is 9.87. The largest absolute Gasteiger partial charge is 0.386 e. The minimum Gasteiger partial charge on any atom is -0.386 e. The van der Waals surface area contributed by atoms with Crippen LogP contribution in [-0.2, 0) is 20.9 Å². The van der Waals surface area contributed by atoms with Gasteiger partial charge in [0.1, 0.15) is 29.3 Å². The van der Waals surface area contributed by atoms with Gasteiger partial charge in [0.05, 0.1) is 17.6 Å². The lowest BCUT2D eigenvalue weighted by molar-refractivity contribution is -0.128. The van der Waals surface area contributed by atoms with E-state index in [2.05, 4.69) is 25.9 Å². The molecule has 0 radical (unpaired) electrons. The molecule has 14 nitrogen and oxygen atoms in total. The highest BCUT2D eigenvalue weighted by Gasteiger charge is 2.45. The number of rotatable bonds is 10. The molecule has 2 aromatic heterocycles. The fraction of sp³-hybridized carbons (Fsp3) is 0.413. The van der Waals surface area contributed by atoms with Gasteiger partial charge >= 0.3 is 0 Å². The van der Waals surface area contributed by atoms with Crippen molar-refractivity contribution in [1.29, 1.82) is 0 Å². The molecule has 6 heterocycles. The van der Waals surface area contributed by atoms with Crippen molar-refractivity contribution in [1.82, 2.24) is 20.6 Å². The van der Waals surface area contributed by atoms with E-state index >= 15 is 4.39 Å². The normalized spacial score (nSPS) is 23.4. The molecule has 0 bridgehead atoms. The summed E-state index contributed by atoms with van der Waals surface area (Å²) >= 11 is 0. The van der Waals surface area contributed by atoms with Gasteiger partial charge in [-0.15, -0.1) is 0 Å². The first-order valence-electron chi connectivity index (χ1n) is 20.9. The predicted molar refractivity (Wildman–Crippen MR) is 229 cm³/mol. The number of aromatic nitrogens is 2. The number of benzene rings is 2. The molecule has 2 saturated heterocycles. The number of piperidine rings is 2. The molecular weight excluding hydrogens is 780 g/mol. The second-order valence-corrected chi connectivity index (χ2v) is 17.1. The second kappa shape index (κ2) is 16.9. The SMILES string of the molecule is Cc1cccnc1N(C(=O)c1ccc(C2=NOC(C)(Cc3cnc(N(C(=O)c4ccc(C5=NOC(C)(C)C5=O)cc4F)[C@@H]4CCCNC4)c(C)c3)C2O)cc1)[C@@H]1CCCNC1. The third-order valence-electron chi connectivity index (χ3n) is 12.0. The Morgan fingerprint density at radius 2 is 1.49 bits per heavy atom. The third-order valence-corrected chi connectivity index (χ3v) is 12.0. The van der Waals surface area contributed by atoms with Crippen molar-refractivity contribution in [3.63, 3.8) is 0 Å². The molecule has 0 aliphatic carbocycles. The van der Waals surface area contributed by atoms with Crippen LogP contribution in [0.5, 0.6) is 0 Å². The monoisotopic (exact) mass is 830 g/mol. The van der Waals surface area contributed by atoms with Crippen LogP contribution in [0.4, 0.5) is 16.0 Å². The number of hydrogen-bond donors (Lipinski definition) is 3. The molecule has 4 atom stereocenters. The molecule has 2 aromatic carbocycles. The molecule has 0 spiro atoms. The zero-order valence-electron chi connectivity index (χ0n) is 35.1. The summed E-state index contributed by atoms with van der Waals surface area (Å²) in [7, 11) is 0. The maximum absolute atomic E-state index is 15.8. The summed E-state index contributed by atoms with van der Waals surface area (Å²) in [6.45, 7) is 11.6. The molecule has 318 valence electrons. The number of Topliss-reactive ketones (excluding diaryl/α,β-unsaturated/α-hetero) is 1. The number of aliphatic hydroxyl groups is 1. The number of halogens is 1. The first kappa shape index (κ1) is 41.8. The Morgan fingerprint density at radius 1 is 0.836 bits per heavy atom. The van der Waals surface area contributed by atoms with Crippen LogP contribution in [0.3, 0.4) is 0 Å².